The van der Waals surface area contributed by atoms with Crippen LogP contribution >= 0.6 is 11.3 Å². The summed E-state index contributed by atoms with van der Waals surface area (Å²) >= 11 is 0.848. The van der Waals surface area contributed by atoms with Crippen molar-refractivity contribution >= 4 is 28.8 Å². The quantitative estimate of drug-likeness (QED) is 0.614. The van der Waals surface area contributed by atoms with Crippen LogP contribution in [0.3, 0.4) is 0 Å². The zero-order valence-electron chi connectivity index (χ0n) is 15.6. The van der Waals surface area contributed by atoms with E-state index in [-0.39, 0.29) is 16.6 Å². The van der Waals surface area contributed by atoms with Gasteiger partial charge in [-0.25, -0.2) is 4.39 Å². The van der Waals surface area contributed by atoms with E-state index in [1.807, 2.05) is 0 Å². The van der Waals surface area contributed by atoms with E-state index in [0.29, 0.717) is 17.2 Å². The second-order valence-corrected chi connectivity index (χ2v) is 6.71. The molecule has 0 aliphatic carbocycles. The summed E-state index contributed by atoms with van der Waals surface area (Å²) in [5.41, 5.74) is 1.13. The number of ether oxygens (including phenoxy) is 2. The highest BCUT2D eigenvalue weighted by atomic mass is 32.1. The van der Waals surface area contributed by atoms with Gasteiger partial charge in [-0.05, 0) is 42.5 Å². The number of methoxy groups -OCH3 is 2. The fraction of sp³-hybridized carbons (Fsp3) is 0.158. The molecule has 0 aliphatic rings. The maximum Gasteiger partial charge on any atom is 0.286 e. The summed E-state index contributed by atoms with van der Waals surface area (Å²) in [6.45, 7) is 0.176. The van der Waals surface area contributed by atoms with E-state index in [1.54, 1.807) is 25.3 Å². The van der Waals surface area contributed by atoms with Gasteiger partial charge in [-0.1, -0.05) is 11.3 Å². The summed E-state index contributed by atoms with van der Waals surface area (Å²) in [7, 11) is 3.08. The average molecular weight is 416 g/mol. The highest BCUT2D eigenvalue weighted by Gasteiger charge is 2.18. The zero-order chi connectivity index (χ0) is 20.8. The van der Waals surface area contributed by atoms with E-state index < -0.39 is 17.6 Å². The van der Waals surface area contributed by atoms with Crippen LogP contribution in [-0.4, -0.2) is 36.2 Å². The highest BCUT2D eigenvalue weighted by molar-refractivity contribution is 7.15. The Bertz CT molecular complexity index is 1020. The topological polar surface area (TPSA) is 102 Å². The van der Waals surface area contributed by atoms with Crippen molar-refractivity contribution in [1.29, 1.82) is 0 Å². The molecule has 0 radical (unpaired) electrons. The lowest BCUT2D eigenvalue weighted by atomic mass is 10.2. The largest absolute Gasteiger partial charge is 0.497 e. The fourth-order valence-electron chi connectivity index (χ4n) is 2.40. The predicted octanol–water partition coefficient (Wildman–Crippen LogP) is 2.88. The summed E-state index contributed by atoms with van der Waals surface area (Å²) < 4.78 is 23.4. The fourth-order valence-corrected chi connectivity index (χ4v) is 3.05. The number of anilines is 1. The molecule has 1 heterocycles. The van der Waals surface area contributed by atoms with E-state index >= 15 is 0 Å². The van der Waals surface area contributed by atoms with Gasteiger partial charge in [0.05, 0.1) is 14.2 Å². The minimum absolute atomic E-state index is 0.0124. The number of aromatic nitrogens is 2. The first kappa shape index (κ1) is 20.2. The second-order valence-electron chi connectivity index (χ2n) is 5.73. The van der Waals surface area contributed by atoms with Crippen molar-refractivity contribution in [2.24, 2.45) is 0 Å². The number of benzene rings is 2. The van der Waals surface area contributed by atoms with E-state index in [2.05, 4.69) is 20.8 Å². The Balaban J connectivity index is 1.63. The number of carbonyl (C=O) groups excluding carboxylic acids is 2. The van der Waals surface area contributed by atoms with Crippen LogP contribution in [0.1, 0.15) is 25.2 Å². The number of halogens is 1. The molecular weight excluding hydrogens is 399 g/mol. The van der Waals surface area contributed by atoms with Gasteiger partial charge >= 0.3 is 0 Å². The van der Waals surface area contributed by atoms with Gasteiger partial charge in [0, 0.05) is 17.8 Å². The molecule has 3 aromatic rings. The first-order chi connectivity index (χ1) is 14.0. The molecule has 0 fully saturated rings. The molecule has 2 aromatic carbocycles. The molecule has 0 saturated carbocycles. The van der Waals surface area contributed by atoms with Crippen LogP contribution in [0.5, 0.6) is 11.5 Å². The minimum atomic E-state index is -0.539. The Kier molecular flexibility index (Phi) is 6.35. The number of nitrogens with zero attached hydrogens (tertiary/aromatic N) is 2. The van der Waals surface area contributed by atoms with Crippen molar-refractivity contribution in [3.63, 3.8) is 0 Å². The van der Waals surface area contributed by atoms with Crippen LogP contribution in [0.4, 0.5) is 10.1 Å². The Morgan fingerprint density at radius 1 is 1.00 bits per heavy atom. The van der Waals surface area contributed by atoms with Crippen LogP contribution in [0, 0.1) is 5.82 Å². The minimum Gasteiger partial charge on any atom is -0.497 e. The molecule has 0 unspecified atom stereocenters. The van der Waals surface area contributed by atoms with Crippen LogP contribution in [-0.2, 0) is 6.54 Å². The van der Waals surface area contributed by atoms with Crippen molar-refractivity contribution in [1.82, 2.24) is 15.5 Å². The van der Waals surface area contributed by atoms with E-state index in [1.165, 1.54) is 31.4 Å². The van der Waals surface area contributed by atoms with Gasteiger partial charge in [0.1, 0.15) is 17.3 Å². The third kappa shape index (κ3) is 5.05. The lowest BCUT2D eigenvalue weighted by Crippen LogP contribution is -2.23. The molecule has 8 nitrogen and oxygen atoms in total. The molecule has 10 heteroatoms. The summed E-state index contributed by atoms with van der Waals surface area (Å²) in [6, 6.07) is 10.5. The standard InChI is InChI=1S/C19H17FN4O4S/c1-27-14-7-8-15(28-2)11(9-14)10-21-16(25)18-23-24-19(29-18)17(26)22-13-5-3-12(20)4-6-13/h3-9H,10H2,1-2H3,(H,21,25)(H,22,26). The number of amides is 2. The molecular formula is C19H17FN4O4S. The Labute approximate surface area is 169 Å². The molecule has 0 saturated heterocycles. The summed E-state index contributed by atoms with van der Waals surface area (Å²) in [5, 5.41) is 12.8. The molecule has 3 rings (SSSR count). The van der Waals surface area contributed by atoms with Crippen molar-refractivity contribution < 1.29 is 23.5 Å². The number of carbonyl (C=O) groups is 2. The van der Waals surface area contributed by atoms with Crippen molar-refractivity contribution in [3.8, 4) is 11.5 Å². The smallest absolute Gasteiger partial charge is 0.286 e. The average Bonchev–Trinajstić information content (AvgIpc) is 3.24. The van der Waals surface area contributed by atoms with E-state index in [4.69, 9.17) is 9.47 Å². The predicted molar refractivity (Wildman–Crippen MR) is 105 cm³/mol. The van der Waals surface area contributed by atoms with Crippen LogP contribution in [0.25, 0.3) is 0 Å². The van der Waals surface area contributed by atoms with Crippen LogP contribution in [0.2, 0.25) is 0 Å². The maximum absolute atomic E-state index is 12.9. The van der Waals surface area contributed by atoms with Crippen LogP contribution in [0.15, 0.2) is 42.5 Å². The van der Waals surface area contributed by atoms with E-state index in [9.17, 15) is 14.0 Å². The monoisotopic (exact) mass is 416 g/mol. The van der Waals surface area contributed by atoms with Crippen molar-refractivity contribution in [2.75, 3.05) is 19.5 Å². The van der Waals surface area contributed by atoms with Crippen molar-refractivity contribution in [2.45, 2.75) is 6.54 Å². The second kappa shape index (κ2) is 9.11. The van der Waals surface area contributed by atoms with Gasteiger partial charge in [0.25, 0.3) is 11.8 Å². The third-order valence-corrected chi connectivity index (χ3v) is 4.76. The molecule has 0 spiro atoms. The molecule has 0 aliphatic heterocycles. The number of hydrogen-bond donors (Lipinski definition) is 2. The molecule has 150 valence electrons. The first-order valence-electron chi connectivity index (χ1n) is 8.39. The van der Waals surface area contributed by atoms with Gasteiger partial charge in [0.2, 0.25) is 10.0 Å². The Morgan fingerprint density at radius 3 is 2.34 bits per heavy atom. The molecule has 2 N–H and O–H groups in total. The number of hydrogen-bond acceptors (Lipinski definition) is 7. The first-order valence-corrected chi connectivity index (χ1v) is 9.21. The summed E-state index contributed by atoms with van der Waals surface area (Å²) in [5.74, 6) is -0.199. The summed E-state index contributed by atoms with van der Waals surface area (Å²) in [6.07, 6.45) is 0. The number of rotatable bonds is 7. The lowest BCUT2D eigenvalue weighted by molar-refractivity contribution is 0.0948. The zero-order valence-corrected chi connectivity index (χ0v) is 16.4. The van der Waals surface area contributed by atoms with Gasteiger partial charge in [0.15, 0.2) is 0 Å². The van der Waals surface area contributed by atoms with Gasteiger partial charge < -0.3 is 20.1 Å². The summed E-state index contributed by atoms with van der Waals surface area (Å²) in [4.78, 5) is 24.6. The SMILES string of the molecule is COc1ccc(OC)c(CNC(=O)c2nnc(C(=O)Nc3ccc(F)cc3)s2)c1. The molecule has 1 aromatic heterocycles. The maximum atomic E-state index is 12.9. The lowest BCUT2D eigenvalue weighted by Gasteiger charge is -2.10. The Hall–Kier alpha value is -3.53. The van der Waals surface area contributed by atoms with Gasteiger partial charge in [-0.15, -0.1) is 10.2 Å². The molecule has 2 amide bonds. The van der Waals surface area contributed by atoms with Crippen molar-refractivity contribution in [3.05, 3.63) is 63.9 Å². The van der Waals surface area contributed by atoms with Gasteiger partial charge in [-0.2, -0.15) is 0 Å². The normalized spacial score (nSPS) is 10.3. The Morgan fingerprint density at radius 2 is 1.69 bits per heavy atom. The van der Waals surface area contributed by atoms with Crippen LogP contribution < -0.4 is 20.1 Å². The molecule has 0 bridgehead atoms. The molecule has 0 atom stereocenters. The number of nitrogens with one attached hydrogen (secondary N) is 2. The highest BCUT2D eigenvalue weighted by Crippen LogP contribution is 2.24. The van der Waals surface area contributed by atoms with E-state index in [0.717, 1.165) is 16.9 Å². The third-order valence-electron chi connectivity index (χ3n) is 3.84. The van der Waals surface area contributed by atoms with Gasteiger partial charge in [-0.3, -0.25) is 9.59 Å². The molecule has 29 heavy (non-hydrogen) atoms.